The van der Waals surface area contributed by atoms with Crippen molar-refractivity contribution in [2.45, 2.75) is 20.3 Å². The van der Waals surface area contributed by atoms with Crippen LogP contribution in [-0.4, -0.2) is 31.5 Å². The van der Waals surface area contributed by atoms with Crippen LogP contribution in [0.1, 0.15) is 43.0 Å². The molecule has 276 valence electrons. The number of rotatable bonds is 6. The van der Waals surface area contributed by atoms with Crippen molar-refractivity contribution in [1.82, 2.24) is 19.9 Å². The molecule has 0 fully saturated rings. The van der Waals surface area contributed by atoms with Gasteiger partial charge in [0.2, 0.25) is 0 Å². The second kappa shape index (κ2) is 17.2. The number of fused-ring (bicyclic) bond motifs is 8. The van der Waals surface area contributed by atoms with Gasteiger partial charge in [0.15, 0.2) is 0 Å². The van der Waals surface area contributed by atoms with Crippen LogP contribution in [0.3, 0.4) is 0 Å². The van der Waals surface area contributed by atoms with E-state index in [1.165, 1.54) is 13.8 Å². The van der Waals surface area contributed by atoms with E-state index in [4.69, 9.17) is 9.97 Å². The molecule has 0 spiro atoms. The number of carbonyl (C=O) groups is 2. The van der Waals surface area contributed by atoms with Crippen molar-refractivity contribution in [2.24, 2.45) is 0 Å². The molecule has 0 amide bonds. The Bertz CT molecular complexity index is 2620. The Morgan fingerprint density at radius 3 is 0.964 bits per heavy atom. The Morgan fingerprint density at radius 1 is 0.393 bits per heavy atom. The Hall–Kier alpha value is -5.95. The number of aromatic nitrogens is 4. The van der Waals surface area contributed by atoms with E-state index in [1.54, 1.807) is 0 Å². The van der Waals surface area contributed by atoms with Crippen molar-refractivity contribution in [1.29, 1.82) is 0 Å². The summed E-state index contributed by atoms with van der Waals surface area (Å²) in [5.41, 5.74) is 16.2. The predicted molar refractivity (Wildman–Crippen MR) is 227 cm³/mol. The van der Waals surface area contributed by atoms with Crippen molar-refractivity contribution < 1.29 is 46.5 Å². The van der Waals surface area contributed by atoms with E-state index in [0.29, 0.717) is 0 Å². The van der Waals surface area contributed by atoms with Gasteiger partial charge in [0.05, 0.1) is 29.2 Å². The van der Waals surface area contributed by atoms with Gasteiger partial charge in [0.25, 0.3) is 0 Å². The molecule has 8 bridgehead atoms. The molecular weight excluding hydrogens is 845 g/mol. The van der Waals surface area contributed by atoms with Crippen molar-refractivity contribution in [3.05, 3.63) is 168 Å². The van der Waals surface area contributed by atoms with Gasteiger partial charge in [0, 0.05) is 44.3 Å². The SMILES string of the molecule is C1=Cc2nc1c(-c1ccccc1)c1nc(c(-c3ccccc3)c3ccc([nH]3)c(-c3ccccc3)c3ccc([nH]3)c2-c2ccccc2)C=C1.CC(=O)CC(C)=O.[Tm+3]. The standard InChI is InChI=1S/C44H30N4.C5H8O2.Tm/c1-5-13-29(14-6-1)41-33-21-23-35(45-33)42(30-15-7-2-8-16-30)37-25-27-39(47-37)44(32-19-11-4-12-20-32)40-28-26-38(48-40)43(31-17-9-3-10-18-31)36-24-22-34(41)46-36;1-4(6)3-5(2)7;/h1-28,45-46H;3H2,1-2H3;/q;;+3. The van der Waals surface area contributed by atoms with Gasteiger partial charge in [-0.15, -0.1) is 0 Å². The zero-order valence-electron chi connectivity index (χ0n) is 30.9. The zero-order chi connectivity index (χ0) is 37.7. The summed E-state index contributed by atoms with van der Waals surface area (Å²) in [6, 6.07) is 50.7. The van der Waals surface area contributed by atoms with E-state index in [1.807, 2.05) is 18.2 Å². The van der Waals surface area contributed by atoms with E-state index in [-0.39, 0.29) is 54.9 Å². The van der Waals surface area contributed by atoms with Gasteiger partial charge >= 0.3 is 36.9 Å². The molecule has 0 unspecified atom stereocenters. The fourth-order valence-corrected chi connectivity index (χ4v) is 7.19. The molecule has 9 rings (SSSR count). The number of ketones is 2. The van der Waals surface area contributed by atoms with Crippen LogP contribution < -0.4 is 0 Å². The molecule has 0 saturated heterocycles. The van der Waals surface area contributed by atoms with Crippen LogP contribution in [0.4, 0.5) is 0 Å². The predicted octanol–water partition coefficient (Wildman–Crippen LogP) is 11.9. The Balaban J connectivity index is 0.000000552. The van der Waals surface area contributed by atoms with E-state index in [2.05, 4.69) is 162 Å². The summed E-state index contributed by atoms with van der Waals surface area (Å²) in [5, 5.41) is 0. The third-order valence-electron chi connectivity index (χ3n) is 9.50. The topological polar surface area (TPSA) is 91.5 Å². The number of aromatic amines is 2. The van der Waals surface area contributed by atoms with Gasteiger partial charge < -0.3 is 9.97 Å². The van der Waals surface area contributed by atoms with Crippen LogP contribution >= 0.6 is 0 Å². The minimum Gasteiger partial charge on any atom is -0.354 e. The van der Waals surface area contributed by atoms with E-state index in [9.17, 15) is 9.59 Å². The number of Topliss-reactive ketones (excluding diaryl/α,β-unsaturated/α-hetero) is 2. The first-order valence-electron chi connectivity index (χ1n) is 18.3. The Kier molecular flexibility index (Phi) is 11.8. The van der Waals surface area contributed by atoms with Crippen molar-refractivity contribution in [2.75, 3.05) is 0 Å². The maximum absolute atomic E-state index is 10.0. The average molecular weight is 884 g/mol. The van der Waals surface area contributed by atoms with Crippen LogP contribution in [-0.2, 0) is 9.59 Å². The Morgan fingerprint density at radius 2 is 0.661 bits per heavy atom. The maximum atomic E-state index is 10.0. The molecule has 5 heterocycles. The summed E-state index contributed by atoms with van der Waals surface area (Å²) in [5.74, 6) is -0.125. The average Bonchev–Trinajstić information content (AvgIpc) is 4.04. The monoisotopic (exact) mass is 883 g/mol. The van der Waals surface area contributed by atoms with Crippen molar-refractivity contribution in [3.63, 3.8) is 0 Å². The van der Waals surface area contributed by atoms with Crippen LogP contribution in [0, 0.1) is 36.9 Å². The molecule has 56 heavy (non-hydrogen) atoms. The molecule has 6 nitrogen and oxygen atoms in total. The molecule has 2 aliphatic heterocycles. The number of nitrogens with zero attached hydrogens (tertiary/aromatic N) is 2. The summed E-state index contributed by atoms with van der Waals surface area (Å²) in [4.78, 5) is 38.4. The first kappa shape index (κ1) is 38.3. The largest absolute Gasteiger partial charge is 3.00 e. The molecular formula is C49H38N4O2Tm+3. The van der Waals surface area contributed by atoms with Crippen LogP contribution in [0.15, 0.2) is 146 Å². The molecule has 7 heteroatoms. The third kappa shape index (κ3) is 8.18. The van der Waals surface area contributed by atoms with E-state index in [0.717, 1.165) is 89.4 Å². The summed E-state index contributed by atoms with van der Waals surface area (Å²) in [7, 11) is 0. The number of H-pyrrole nitrogens is 2. The Labute approximate surface area is 354 Å². The van der Waals surface area contributed by atoms with Crippen molar-refractivity contribution in [3.8, 4) is 44.5 Å². The smallest absolute Gasteiger partial charge is 0.354 e. The van der Waals surface area contributed by atoms with Gasteiger partial charge in [-0.05, 0) is 84.7 Å². The summed E-state index contributed by atoms with van der Waals surface area (Å²) >= 11 is 0. The number of benzene rings is 4. The van der Waals surface area contributed by atoms with Gasteiger partial charge in [-0.3, -0.25) is 9.59 Å². The fraction of sp³-hybridized carbons (Fsp3) is 0.0612. The van der Waals surface area contributed by atoms with E-state index < -0.39 is 0 Å². The van der Waals surface area contributed by atoms with E-state index >= 15 is 0 Å². The molecule has 0 aliphatic carbocycles. The summed E-state index contributed by atoms with van der Waals surface area (Å²) in [6.07, 6.45) is 8.58. The third-order valence-corrected chi connectivity index (χ3v) is 9.50. The zero-order valence-corrected chi connectivity index (χ0v) is 32.6. The van der Waals surface area contributed by atoms with Crippen LogP contribution in [0.5, 0.6) is 0 Å². The fourth-order valence-electron chi connectivity index (χ4n) is 7.19. The van der Waals surface area contributed by atoms with Crippen LogP contribution in [0.25, 0.3) is 90.9 Å². The van der Waals surface area contributed by atoms with Crippen molar-refractivity contribution >= 4 is 57.9 Å². The second-order valence-corrected chi connectivity index (χ2v) is 13.5. The molecule has 4 aromatic carbocycles. The molecule has 7 aromatic rings. The van der Waals surface area contributed by atoms with Crippen LogP contribution in [0.2, 0.25) is 0 Å². The number of hydrogen-bond acceptors (Lipinski definition) is 4. The van der Waals surface area contributed by atoms with Gasteiger partial charge in [-0.25, -0.2) is 9.97 Å². The first-order valence-corrected chi connectivity index (χ1v) is 18.3. The number of nitrogens with one attached hydrogen (secondary N) is 2. The van der Waals surface area contributed by atoms with Gasteiger partial charge in [0.1, 0.15) is 11.6 Å². The normalized spacial score (nSPS) is 11.3. The number of carbonyl (C=O) groups excluding carboxylic acids is 2. The molecule has 0 saturated carbocycles. The maximum Gasteiger partial charge on any atom is 3.00 e. The molecule has 2 N–H and O–H groups in total. The quantitative estimate of drug-likeness (QED) is 0.163. The molecule has 2 aliphatic rings. The minimum absolute atomic E-state index is 0. The first-order chi connectivity index (χ1) is 26.9. The minimum atomic E-state index is -0.0625. The summed E-state index contributed by atoms with van der Waals surface area (Å²) < 4.78 is 0. The number of hydrogen-bond donors (Lipinski definition) is 2. The van der Waals surface area contributed by atoms with Gasteiger partial charge in [-0.2, -0.15) is 0 Å². The summed E-state index contributed by atoms with van der Waals surface area (Å²) in [6.45, 7) is 2.81. The molecule has 3 aromatic heterocycles. The molecule has 0 radical (unpaired) electrons. The molecule has 0 atom stereocenters. The second-order valence-electron chi connectivity index (χ2n) is 13.5. The van der Waals surface area contributed by atoms with Gasteiger partial charge in [-0.1, -0.05) is 121 Å².